The van der Waals surface area contributed by atoms with E-state index in [1.54, 1.807) is 48.4 Å². The summed E-state index contributed by atoms with van der Waals surface area (Å²) < 4.78 is 43.7. The van der Waals surface area contributed by atoms with Crippen LogP contribution in [0.2, 0.25) is 5.02 Å². The number of rotatable bonds is 3. The molecule has 4 heterocycles. The third-order valence-corrected chi connectivity index (χ3v) is 9.70. The van der Waals surface area contributed by atoms with Crippen molar-refractivity contribution in [1.82, 2.24) is 19.1 Å². The Kier molecular flexibility index (Phi) is 5.19. The summed E-state index contributed by atoms with van der Waals surface area (Å²) in [5.74, 6) is -0.873. The first kappa shape index (κ1) is 22.8. The number of nitrogens with zero attached hydrogens (tertiary/aromatic N) is 5. The number of halogens is 2. The van der Waals surface area contributed by atoms with E-state index in [1.807, 2.05) is 6.92 Å². The number of guanidine groups is 1. The minimum Gasteiger partial charge on any atom is -0.369 e. The molecule has 8 nitrogen and oxygen atoms in total. The quantitative estimate of drug-likeness (QED) is 0.440. The maximum absolute atomic E-state index is 15.3. The molecule has 0 amide bonds. The minimum absolute atomic E-state index is 0.115. The van der Waals surface area contributed by atoms with Gasteiger partial charge in [0.05, 0.1) is 37.9 Å². The van der Waals surface area contributed by atoms with E-state index in [4.69, 9.17) is 17.3 Å². The van der Waals surface area contributed by atoms with E-state index in [9.17, 15) is 8.42 Å². The summed E-state index contributed by atoms with van der Waals surface area (Å²) >= 11 is 7.97. The van der Waals surface area contributed by atoms with Crippen LogP contribution in [0.15, 0.2) is 47.8 Å². The van der Waals surface area contributed by atoms with Gasteiger partial charge < -0.3 is 5.73 Å². The molecule has 1 aliphatic rings. The maximum atomic E-state index is 15.3. The molecule has 34 heavy (non-hydrogen) atoms. The third kappa shape index (κ3) is 3.55. The summed E-state index contributed by atoms with van der Waals surface area (Å²) in [5, 5.41) is 5.22. The van der Waals surface area contributed by atoms with Gasteiger partial charge in [0.25, 0.3) is 0 Å². The molecule has 1 atom stereocenters. The smallest absolute Gasteiger partial charge is 0.239 e. The van der Waals surface area contributed by atoms with Crippen LogP contribution in [-0.4, -0.2) is 46.2 Å². The minimum atomic E-state index is -3.68. The Balaban J connectivity index is 1.65. The van der Waals surface area contributed by atoms with Gasteiger partial charge in [0.2, 0.25) is 16.0 Å². The number of benzene rings is 1. The first-order valence-corrected chi connectivity index (χ1v) is 13.0. The lowest BCUT2D eigenvalue weighted by molar-refractivity contribution is 0.482. The summed E-state index contributed by atoms with van der Waals surface area (Å²) in [6.07, 6.45) is 5.05. The predicted octanol–water partition coefficient (Wildman–Crippen LogP) is 4.06. The highest BCUT2D eigenvalue weighted by Crippen LogP contribution is 2.47. The average Bonchev–Trinajstić information content (AvgIpc) is 3.36. The number of pyridine rings is 1. The summed E-state index contributed by atoms with van der Waals surface area (Å²) in [6.45, 7) is 3.58. The molecule has 0 aliphatic carbocycles. The Labute approximate surface area is 204 Å². The molecule has 1 unspecified atom stereocenters. The van der Waals surface area contributed by atoms with Crippen molar-refractivity contribution in [3.8, 4) is 16.9 Å². The number of fused-ring (bicyclic) bond motifs is 1. The van der Waals surface area contributed by atoms with Crippen molar-refractivity contribution in [1.29, 1.82) is 0 Å². The van der Waals surface area contributed by atoms with Gasteiger partial charge in [0.1, 0.15) is 11.4 Å². The second kappa shape index (κ2) is 7.76. The zero-order valence-corrected chi connectivity index (χ0v) is 20.8. The van der Waals surface area contributed by atoms with Crippen LogP contribution in [0.3, 0.4) is 0 Å². The largest absolute Gasteiger partial charge is 0.369 e. The van der Waals surface area contributed by atoms with Crippen LogP contribution in [0, 0.1) is 12.7 Å². The van der Waals surface area contributed by atoms with Gasteiger partial charge in [-0.2, -0.15) is 5.10 Å². The summed E-state index contributed by atoms with van der Waals surface area (Å²) in [7, 11) is -2.32. The molecule has 0 fully saturated rings. The highest BCUT2D eigenvalue weighted by Gasteiger charge is 2.43. The van der Waals surface area contributed by atoms with E-state index in [-0.39, 0.29) is 11.7 Å². The van der Waals surface area contributed by atoms with Crippen molar-refractivity contribution < 1.29 is 12.8 Å². The standard InChI is InChI=1S/C22H20ClFN6O2S2/c1-12-9-27-30(10-12)13-4-5-14(16(24)8-13)18-19-15(6-7-26-18)17(23)20(33-19)22(2)11-34(31,32)29(3)21(25)28-22/h4-10H,11H2,1-3H3,(H2,25,28). The molecule has 176 valence electrons. The van der Waals surface area contributed by atoms with Crippen molar-refractivity contribution in [2.45, 2.75) is 19.4 Å². The summed E-state index contributed by atoms with van der Waals surface area (Å²) in [4.78, 5) is 9.40. The monoisotopic (exact) mass is 518 g/mol. The highest BCUT2D eigenvalue weighted by atomic mass is 35.5. The van der Waals surface area contributed by atoms with Crippen LogP contribution in [0.5, 0.6) is 0 Å². The fourth-order valence-corrected chi connectivity index (χ4v) is 7.33. The topological polar surface area (TPSA) is 106 Å². The van der Waals surface area contributed by atoms with Gasteiger partial charge in [-0.05, 0) is 37.6 Å². The third-order valence-electron chi connectivity index (χ3n) is 5.78. The molecule has 0 saturated heterocycles. The van der Waals surface area contributed by atoms with Crippen LogP contribution in [0.1, 0.15) is 17.4 Å². The molecule has 1 aromatic carbocycles. The van der Waals surface area contributed by atoms with Crippen molar-refractivity contribution >= 4 is 49.0 Å². The van der Waals surface area contributed by atoms with Gasteiger partial charge in [0.15, 0.2) is 0 Å². The van der Waals surface area contributed by atoms with Gasteiger partial charge in [-0.15, -0.1) is 11.3 Å². The lowest BCUT2D eigenvalue weighted by atomic mass is 10.0. The van der Waals surface area contributed by atoms with Crippen LogP contribution in [-0.2, 0) is 15.6 Å². The SMILES string of the molecule is Cc1cnn(-c2ccc(-c3nccc4c(Cl)c(C5(C)CS(=O)(=O)N(C)C(N)=N5)sc34)c(F)c2)c1. The normalized spacial score (nSPS) is 20.0. The Hall–Kier alpha value is -3.02. The predicted molar refractivity (Wildman–Crippen MR) is 132 cm³/mol. The fraction of sp³-hybridized carbons (Fsp3) is 0.227. The van der Waals surface area contributed by atoms with Gasteiger partial charge in [0, 0.05) is 36.5 Å². The number of hydrogen-bond acceptors (Lipinski definition) is 7. The molecule has 0 spiro atoms. The Morgan fingerprint density at radius 1 is 1.29 bits per heavy atom. The number of aliphatic imine (C=N–C) groups is 1. The van der Waals surface area contributed by atoms with E-state index < -0.39 is 21.4 Å². The zero-order chi connectivity index (χ0) is 24.4. The van der Waals surface area contributed by atoms with Crippen molar-refractivity contribution in [3.05, 3.63) is 64.1 Å². The average molecular weight is 519 g/mol. The number of sulfonamides is 1. The Morgan fingerprint density at radius 2 is 2.06 bits per heavy atom. The van der Waals surface area contributed by atoms with Crippen LogP contribution < -0.4 is 5.73 Å². The first-order valence-electron chi connectivity index (χ1n) is 10.2. The number of thiophene rings is 1. The van der Waals surface area contributed by atoms with E-state index in [2.05, 4.69) is 15.1 Å². The second-order valence-corrected chi connectivity index (χ2v) is 11.8. The van der Waals surface area contributed by atoms with E-state index in [0.717, 1.165) is 9.87 Å². The van der Waals surface area contributed by atoms with E-state index in [1.165, 1.54) is 24.5 Å². The van der Waals surface area contributed by atoms with E-state index in [0.29, 0.717) is 36.9 Å². The maximum Gasteiger partial charge on any atom is 0.239 e. The summed E-state index contributed by atoms with van der Waals surface area (Å²) in [5.41, 5.74) is 6.97. The first-order chi connectivity index (χ1) is 16.0. The van der Waals surface area contributed by atoms with Crippen molar-refractivity contribution in [2.75, 3.05) is 12.8 Å². The fourth-order valence-electron chi connectivity index (χ4n) is 3.99. The number of hydrogen-bond donors (Lipinski definition) is 1. The molecule has 1 aliphatic heterocycles. The van der Waals surface area contributed by atoms with Crippen molar-refractivity contribution in [2.24, 2.45) is 10.7 Å². The molecule has 3 aromatic heterocycles. The van der Waals surface area contributed by atoms with E-state index >= 15 is 4.39 Å². The van der Waals surface area contributed by atoms with Gasteiger partial charge >= 0.3 is 0 Å². The van der Waals surface area contributed by atoms with Crippen LogP contribution >= 0.6 is 22.9 Å². The number of aromatic nitrogens is 3. The van der Waals surface area contributed by atoms with Crippen LogP contribution in [0.25, 0.3) is 27.0 Å². The van der Waals surface area contributed by atoms with Gasteiger partial charge in [-0.25, -0.2) is 26.8 Å². The number of aryl methyl sites for hydroxylation is 1. The highest BCUT2D eigenvalue weighted by molar-refractivity contribution is 7.89. The van der Waals surface area contributed by atoms with Gasteiger partial charge in [-0.1, -0.05) is 11.6 Å². The molecule has 2 N–H and O–H groups in total. The van der Waals surface area contributed by atoms with Crippen molar-refractivity contribution in [3.63, 3.8) is 0 Å². The number of nitrogens with two attached hydrogens (primary N) is 1. The lowest BCUT2D eigenvalue weighted by Gasteiger charge is -2.33. The van der Waals surface area contributed by atoms with Crippen LogP contribution in [0.4, 0.5) is 4.39 Å². The molecule has 4 aromatic rings. The molecule has 0 bridgehead atoms. The molecule has 0 saturated carbocycles. The van der Waals surface area contributed by atoms with Gasteiger partial charge in [-0.3, -0.25) is 4.98 Å². The summed E-state index contributed by atoms with van der Waals surface area (Å²) in [6, 6.07) is 6.53. The Morgan fingerprint density at radius 3 is 2.71 bits per heavy atom. The lowest BCUT2D eigenvalue weighted by Crippen LogP contribution is -2.50. The second-order valence-electron chi connectivity index (χ2n) is 8.38. The molecular formula is C22H20ClFN6O2S2. The Bertz CT molecular complexity index is 1600. The molecule has 0 radical (unpaired) electrons. The molecule has 12 heteroatoms. The zero-order valence-electron chi connectivity index (χ0n) is 18.5. The molecular weight excluding hydrogens is 499 g/mol. The molecule has 5 rings (SSSR count).